The molecule has 0 saturated heterocycles. The van der Waals surface area contributed by atoms with Gasteiger partial charge < -0.3 is 9.47 Å². The second kappa shape index (κ2) is 12.2. The van der Waals surface area contributed by atoms with E-state index in [4.69, 9.17) is 9.47 Å². The quantitative estimate of drug-likeness (QED) is 0.238. The van der Waals surface area contributed by atoms with Crippen molar-refractivity contribution in [1.82, 2.24) is 0 Å². The summed E-state index contributed by atoms with van der Waals surface area (Å²) in [6, 6.07) is 20.8. The predicted molar refractivity (Wildman–Crippen MR) is 155 cm³/mol. The maximum Gasteiger partial charge on any atom is 0.343 e. The lowest BCUT2D eigenvalue weighted by molar-refractivity contribution is 0.0718. The van der Waals surface area contributed by atoms with Crippen LogP contribution in [0.2, 0.25) is 0 Å². The summed E-state index contributed by atoms with van der Waals surface area (Å²) in [5.74, 6) is 2.90. The Labute approximate surface area is 232 Å². The van der Waals surface area contributed by atoms with Gasteiger partial charge in [0.15, 0.2) is 0 Å². The summed E-state index contributed by atoms with van der Waals surface area (Å²) in [5, 5.41) is 0. The Morgan fingerprint density at radius 3 is 1.46 bits per heavy atom. The molecule has 5 rings (SSSR count). The standard InChI is InChI=1S/C35H40O4/c1-23-4-8-26(9-5-23)28-12-16-30(17-13-28)34(36)38-32-20-21-33(25(3)22-32)39-35(37)31-18-14-29(15-19-31)27-10-6-24(2)7-11-27/h12-24,26-27H,4-11H2,1-3H3. The van der Waals surface area contributed by atoms with Gasteiger partial charge in [0.25, 0.3) is 0 Å². The molecule has 0 aliphatic heterocycles. The van der Waals surface area contributed by atoms with E-state index >= 15 is 0 Å². The molecule has 2 fully saturated rings. The SMILES string of the molecule is Cc1cc(OC(=O)c2ccc(C3CCC(C)CC3)cc2)ccc1OC(=O)c1ccc(C2CCC(C)CC2)cc1. The van der Waals surface area contributed by atoms with E-state index in [0.717, 1.165) is 17.4 Å². The number of hydrogen-bond donors (Lipinski definition) is 0. The number of carbonyl (C=O) groups excluding carboxylic acids is 2. The first-order valence-corrected chi connectivity index (χ1v) is 14.6. The summed E-state index contributed by atoms with van der Waals surface area (Å²) in [4.78, 5) is 25.5. The van der Waals surface area contributed by atoms with Crippen molar-refractivity contribution in [3.63, 3.8) is 0 Å². The van der Waals surface area contributed by atoms with E-state index in [1.807, 2.05) is 31.2 Å². The van der Waals surface area contributed by atoms with Crippen LogP contribution in [0.15, 0.2) is 66.7 Å². The predicted octanol–water partition coefficient (Wildman–Crippen LogP) is 9.02. The Morgan fingerprint density at radius 2 is 1.03 bits per heavy atom. The van der Waals surface area contributed by atoms with E-state index in [0.29, 0.717) is 34.5 Å². The molecule has 2 saturated carbocycles. The van der Waals surface area contributed by atoms with E-state index in [2.05, 4.69) is 38.1 Å². The smallest absolute Gasteiger partial charge is 0.343 e. The highest BCUT2D eigenvalue weighted by molar-refractivity contribution is 5.92. The number of hydrogen-bond acceptors (Lipinski definition) is 4. The first-order valence-electron chi connectivity index (χ1n) is 14.6. The number of aryl methyl sites for hydroxylation is 1. The first kappa shape index (κ1) is 27.2. The van der Waals surface area contributed by atoms with Gasteiger partial charge in [-0.05, 0) is 115 Å². The van der Waals surface area contributed by atoms with E-state index in [1.165, 1.54) is 62.5 Å². The molecule has 0 radical (unpaired) electrons. The number of ether oxygens (including phenoxy) is 2. The zero-order valence-electron chi connectivity index (χ0n) is 23.5. The Bertz CT molecular complexity index is 1280. The lowest BCUT2D eigenvalue weighted by Crippen LogP contribution is -2.13. The molecule has 0 spiro atoms. The molecular formula is C35H40O4. The van der Waals surface area contributed by atoms with Gasteiger partial charge in [0, 0.05) is 0 Å². The molecular weight excluding hydrogens is 484 g/mol. The number of benzene rings is 3. The van der Waals surface area contributed by atoms with Gasteiger partial charge in [-0.15, -0.1) is 0 Å². The third-order valence-corrected chi connectivity index (χ3v) is 8.83. The summed E-state index contributed by atoms with van der Waals surface area (Å²) in [6.07, 6.45) is 9.93. The van der Waals surface area contributed by atoms with Gasteiger partial charge in [0.2, 0.25) is 0 Å². The van der Waals surface area contributed by atoms with Crippen LogP contribution in [0.25, 0.3) is 0 Å². The molecule has 4 nitrogen and oxygen atoms in total. The molecule has 0 aromatic heterocycles. The van der Waals surface area contributed by atoms with Crippen molar-refractivity contribution in [3.8, 4) is 11.5 Å². The zero-order chi connectivity index (χ0) is 27.4. The van der Waals surface area contributed by atoms with Crippen molar-refractivity contribution in [3.05, 3.63) is 94.5 Å². The van der Waals surface area contributed by atoms with Crippen molar-refractivity contribution < 1.29 is 19.1 Å². The summed E-state index contributed by atoms with van der Waals surface area (Å²) < 4.78 is 11.3. The van der Waals surface area contributed by atoms with Crippen LogP contribution in [0.1, 0.15) is 114 Å². The molecule has 39 heavy (non-hydrogen) atoms. The molecule has 4 heteroatoms. The summed E-state index contributed by atoms with van der Waals surface area (Å²) >= 11 is 0. The molecule has 0 bridgehead atoms. The summed E-state index contributed by atoms with van der Waals surface area (Å²) in [5.41, 5.74) is 4.40. The fraction of sp³-hybridized carbons (Fsp3) is 0.429. The lowest BCUT2D eigenvalue weighted by atomic mass is 9.79. The molecule has 2 aliphatic rings. The van der Waals surface area contributed by atoms with E-state index < -0.39 is 5.97 Å². The zero-order valence-corrected chi connectivity index (χ0v) is 23.5. The van der Waals surface area contributed by atoms with E-state index in [-0.39, 0.29) is 5.97 Å². The third-order valence-electron chi connectivity index (χ3n) is 8.83. The minimum atomic E-state index is -0.393. The molecule has 204 valence electrons. The van der Waals surface area contributed by atoms with Crippen LogP contribution in [0.3, 0.4) is 0 Å². The van der Waals surface area contributed by atoms with Gasteiger partial charge in [-0.25, -0.2) is 9.59 Å². The van der Waals surface area contributed by atoms with Gasteiger partial charge in [0.05, 0.1) is 11.1 Å². The Hall–Kier alpha value is -3.40. The largest absolute Gasteiger partial charge is 0.423 e. The van der Waals surface area contributed by atoms with Crippen molar-refractivity contribution in [1.29, 1.82) is 0 Å². The van der Waals surface area contributed by atoms with Gasteiger partial charge in [-0.3, -0.25) is 0 Å². The lowest BCUT2D eigenvalue weighted by Gasteiger charge is -2.26. The van der Waals surface area contributed by atoms with Crippen LogP contribution >= 0.6 is 0 Å². The van der Waals surface area contributed by atoms with E-state index in [9.17, 15) is 9.59 Å². The van der Waals surface area contributed by atoms with Gasteiger partial charge in [0.1, 0.15) is 11.5 Å². The van der Waals surface area contributed by atoms with Crippen LogP contribution in [-0.2, 0) is 0 Å². The average Bonchev–Trinajstić information content (AvgIpc) is 2.95. The third kappa shape index (κ3) is 6.79. The fourth-order valence-corrected chi connectivity index (χ4v) is 6.09. The van der Waals surface area contributed by atoms with Crippen LogP contribution < -0.4 is 9.47 Å². The summed E-state index contributed by atoms with van der Waals surface area (Å²) in [7, 11) is 0. The number of esters is 2. The molecule has 0 unspecified atom stereocenters. The molecule has 2 aliphatic carbocycles. The highest BCUT2D eigenvalue weighted by atomic mass is 16.5. The summed E-state index contributed by atoms with van der Waals surface area (Å²) in [6.45, 7) is 6.49. The van der Waals surface area contributed by atoms with Crippen LogP contribution in [-0.4, -0.2) is 11.9 Å². The number of rotatable bonds is 6. The van der Waals surface area contributed by atoms with Crippen molar-refractivity contribution >= 4 is 11.9 Å². The molecule has 0 heterocycles. The maximum atomic E-state index is 12.8. The minimum absolute atomic E-state index is 0.390. The average molecular weight is 525 g/mol. The molecule has 0 amide bonds. The maximum absolute atomic E-state index is 12.8. The fourth-order valence-electron chi connectivity index (χ4n) is 6.09. The normalized spacial score (nSPS) is 23.2. The Balaban J connectivity index is 1.16. The molecule has 3 aromatic rings. The first-order chi connectivity index (χ1) is 18.9. The highest BCUT2D eigenvalue weighted by Crippen LogP contribution is 2.36. The van der Waals surface area contributed by atoms with Gasteiger partial charge in [-0.1, -0.05) is 63.8 Å². The van der Waals surface area contributed by atoms with Crippen LogP contribution in [0, 0.1) is 18.8 Å². The topological polar surface area (TPSA) is 52.6 Å². The van der Waals surface area contributed by atoms with Gasteiger partial charge in [-0.2, -0.15) is 0 Å². The van der Waals surface area contributed by atoms with Crippen LogP contribution in [0.5, 0.6) is 11.5 Å². The van der Waals surface area contributed by atoms with Gasteiger partial charge >= 0.3 is 11.9 Å². The van der Waals surface area contributed by atoms with Crippen molar-refractivity contribution in [2.75, 3.05) is 0 Å². The Morgan fingerprint density at radius 1 is 0.590 bits per heavy atom. The molecule has 0 N–H and O–H groups in total. The monoisotopic (exact) mass is 524 g/mol. The second-order valence-electron chi connectivity index (χ2n) is 11.9. The number of carbonyl (C=O) groups is 2. The van der Waals surface area contributed by atoms with Crippen LogP contribution in [0.4, 0.5) is 0 Å². The Kier molecular flexibility index (Phi) is 8.50. The molecule has 0 atom stereocenters. The second-order valence-corrected chi connectivity index (χ2v) is 11.9. The van der Waals surface area contributed by atoms with Crippen molar-refractivity contribution in [2.45, 2.75) is 84.0 Å². The highest BCUT2D eigenvalue weighted by Gasteiger charge is 2.21. The molecule has 3 aromatic carbocycles. The minimum Gasteiger partial charge on any atom is -0.423 e. The van der Waals surface area contributed by atoms with E-state index in [1.54, 1.807) is 18.2 Å². The van der Waals surface area contributed by atoms with Crippen molar-refractivity contribution in [2.24, 2.45) is 11.8 Å².